The van der Waals surface area contributed by atoms with Crippen LogP contribution in [0.15, 0.2) is 131 Å². The van der Waals surface area contributed by atoms with Gasteiger partial charge in [-0.05, 0) is 30.2 Å². The molecule has 0 N–H and O–H groups in total. The molecule has 1 aromatic heterocycles. The maximum Gasteiger partial charge on any atom is 0.297 e. The summed E-state index contributed by atoms with van der Waals surface area (Å²) in [4.78, 5) is 18.8. The number of benzene rings is 4. The fraction of sp³-hybridized carbons (Fsp3) is 0.0938. The molecule has 0 amide bonds. The maximum atomic E-state index is 13.9. The molecule has 0 fully saturated rings. The molecule has 1 heterocycles. The van der Waals surface area contributed by atoms with Gasteiger partial charge in [-0.25, -0.2) is 14.1 Å². The molecule has 0 radical (unpaired) electrons. The van der Waals surface area contributed by atoms with Crippen LogP contribution < -0.4 is 10.3 Å². The van der Waals surface area contributed by atoms with Crippen molar-refractivity contribution in [2.24, 2.45) is 4.99 Å². The summed E-state index contributed by atoms with van der Waals surface area (Å²) in [7, 11) is 0. The number of halogens is 1. The molecule has 4 aromatic carbocycles. The van der Waals surface area contributed by atoms with Crippen LogP contribution in [0.25, 0.3) is 0 Å². The fourth-order valence-corrected chi connectivity index (χ4v) is 4.14. The van der Waals surface area contributed by atoms with Gasteiger partial charge in [0, 0.05) is 11.1 Å². The van der Waals surface area contributed by atoms with Crippen molar-refractivity contribution in [3.05, 3.63) is 160 Å². The lowest BCUT2D eigenvalue weighted by atomic mass is 10.0. The van der Waals surface area contributed by atoms with Crippen LogP contribution in [0.2, 0.25) is 0 Å². The van der Waals surface area contributed by atoms with Crippen molar-refractivity contribution < 1.29 is 9.13 Å². The minimum absolute atomic E-state index is 0.146. The Morgan fingerprint density at radius 1 is 0.842 bits per heavy atom. The molecule has 0 saturated carbocycles. The average molecular weight is 504 g/mol. The Morgan fingerprint density at radius 2 is 1.39 bits per heavy atom. The second-order valence-electron chi connectivity index (χ2n) is 8.80. The van der Waals surface area contributed by atoms with E-state index in [1.54, 1.807) is 12.1 Å². The first-order chi connectivity index (χ1) is 18.6. The van der Waals surface area contributed by atoms with Crippen molar-refractivity contribution in [3.8, 4) is 5.75 Å². The van der Waals surface area contributed by atoms with E-state index in [0.717, 1.165) is 22.3 Å². The number of hydrogen-bond donors (Lipinski definition) is 0. The molecule has 188 valence electrons. The summed E-state index contributed by atoms with van der Waals surface area (Å²) in [6, 6.07) is 34.7. The molecule has 0 aliphatic heterocycles. The highest BCUT2D eigenvalue weighted by atomic mass is 19.1. The van der Waals surface area contributed by atoms with E-state index in [9.17, 15) is 9.18 Å². The van der Waals surface area contributed by atoms with Crippen molar-refractivity contribution >= 4 is 11.4 Å². The Bertz CT molecular complexity index is 1540. The summed E-state index contributed by atoms with van der Waals surface area (Å²) < 4.78 is 21.0. The minimum atomic E-state index is -0.447. The SMILES string of the molecule is CC(c1ccc(F)cc1)n1ncc(OCc2ccccc2)c(N=C(c2ccccc2)c2ccccc2)c1=O. The van der Waals surface area contributed by atoms with Crippen LogP contribution >= 0.6 is 0 Å². The molecule has 0 spiro atoms. The molecule has 0 saturated heterocycles. The van der Waals surface area contributed by atoms with Crippen LogP contribution in [0.1, 0.15) is 35.2 Å². The third-order valence-corrected chi connectivity index (χ3v) is 6.22. The van der Waals surface area contributed by atoms with Gasteiger partial charge in [0.15, 0.2) is 11.4 Å². The van der Waals surface area contributed by atoms with E-state index in [2.05, 4.69) is 5.10 Å². The number of aromatic nitrogens is 2. The minimum Gasteiger partial charge on any atom is -0.485 e. The molecule has 38 heavy (non-hydrogen) atoms. The van der Waals surface area contributed by atoms with Crippen molar-refractivity contribution in [2.45, 2.75) is 19.6 Å². The van der Waals surface area contributed by atoms with Gasteiger partial charge in [-0.3, -0.25) is 4.79 Å². The lowest BCUT2D eigenvalue weighted by Gasteiger charge is -2.17. The van der Waals surface area contributed by atoms with Gasteiger partial charge in [-0.2, -0.15) is 5.10 Å². The van der Waals surface area contributed by atoms with Crippen LogP contribution in [0.5, 0.6) is 5.75 Å². The Kier molecular flexibility index (Phi) is 7.50. The quantitative estimate of drug-likeness (QED) is 0.220. The molecule has 5 rings (SSSR count). The van der Waals surface area contributed by atoms with E-state index in [1.165, 1.54) is 23.0 Å². The molecular formula is C32H26FN3O2. The lowest BCUT2D eigenvalue weighted by molar-refractivity contribution is 0.303. The van der Waals surface area contributed by atoms with E-state index < -0.39 is 11.6 Å². The van der Waals surface area contributed by atoms with Gasteiger partial charge >= 0.3 is 0 Å². The highest BCUT2D eigenvalue weighted by molar-refractivity contribution is 6.14. The third kappa shape index (κ3) is 5.60. The van der Waals surface area contributed by atoms with Crippen LogP contribution in [0.4, 0.5) is 10.1 Å². The summed E-state index contributed by atoms with van der Waals surface area (Å²) in [5.41, 5.74) is 3.81. The molecule has 6 heteroatoms. The zero-order valence-corrected chi connectivity index (χ0v) is 20.9. The van der Waals surface area contributed by atoms with Gasteiger partial charge in [0.2, 0.25) is 0 Å². The van der Waals surface area contributed by atoms with Crippen LogP contribution in [-0.2, 0) is 6.61 Å². The second kappa shape index (κ2) is 11.5. The summed E-state index contributed by atoms with van der Waals surface area (Å²) in [5.74, 6) is -0.0580. The van der Waals surface area contributed by atoms with Crippen molar-refractivity contribution in [1.29, 1.82) is 0 Å². The average Bonchev–Trinajstić information content (AvgIpc) is 2.97. The number of hydrogen-bond acceptors (Lipinski definition) is 4. The van der Waals surface area contributed by atoms with Gasteiger partial charge in [0.1, 0.15) is 12.4 Å². The molecule has 0 bridgehead atoms. The largest absolute Gasteiger partial charge is 0.485 e. The molecule has 5 aromatic rings. The van der Waals surface area contributed by atoms with Crippen LogP contribution in [0.3, 0.4) is 0 Å². The van der Waals surface area contributed by atoms with Gasteiger partial charge < -0.3 is 4.74 Å². The summed E-state index contributed by atoms with van der Waals surface area (Å²) in [6.07, 6.45) is 1.52. The van der Waals surface area contributed by atoms with Gasteiger partial charge in [-0.15, -0.1) is 0 Å². The Balaban J connectivity index is 1.65. The first-order valence-electron chi connectivity index (χ1n) is 12.3. The topological polar surface area (TPSA) is 56.5 Å². The Morgan fingerprint density at radius 3 is 1.97 bits per heavy atom. The third-order valence-electron chi connectivity index (χ3n) is 6.22. The zero-order chi connectivity index (χ0) is 26.3. The van der Waals surface area contributed by atoms with Gasteiger partial charge in [0.05, 0.1) is 18.0 Å². The number of rotatable bonds is 8. The predicted octanol–water partition coefficient (Wildman–Crippen LogP) is 6.74. The highest BCUT2D eigenvalue weighted by Crippen LogP contribution is 2.27. The number of aliphatic imine (C=N–C) groups is 1. The van der Waals surface area contributed by atoms with Gasteiger partial charge in [-0.1, -0.05) is 103 Å². The number of ether oxygens (including phenoxy) is 1. The number of nitrogens with zero attached hydrogens (tertiary/aromatic N) is 3. The van der Waals surface area contributed by atoms with E-state index in [0.29, 0.717) is 5.71 Å². The smallest absolute Gasteiger partial charge is 0.297 e. The first-order valence-corrected chi connectivity index (χ1v) is 12.3. The first kappa shape index (κ1) is 24.8. The van der Waals surface area contributed by atoms with Crippen molar-refractivity contribution in [1.82, 2.24) is 9.78 Å². The van der Waals surface area contributed by atoms with Gasteiger partial charge in [0.25, 0.3) is 5.56 Å². The molecule has 1 unspecified atom stereocenters. The van der Waals surface area contributed by atoms with E-state index >= 15 is 0 Å². The monoisotopic (exact) mass is 503 g/mol. The second-order valence-corrected chi connectivity index (χ2v) is 8.80. The maximum absolute atomic E-state index is 13.9. The summed E-state index contributed by atoms with van der Waals surface area (Å²) in [5, 5.41) is 4.42. The van der Waals surface area contributed by atoms with Crippen molar-refractivity contribution in [3.63, 3.8) is 0 Å². The molecule has 0 aliphatic carbocycles. The fourth-order valence-electron chi connectivity index (χ4n) is 4.14. The standard InChI is InChI=1S/C32H26FN3O2/c1-23(25-17-19-28(33)20-18-25)36-32(37)31(29(21-34-36)38-22-24-11-5-2-6-12-24)35-30(26-13-7-3-8-14-26)27-15-9-4-10-16-27/h2-21,23H,22H2,1H3. The van der Waals surface area contributed by atoms with Crippen LogP contribution in [0, 0.1) is 5.82 Å². The molecule has 0 aliphatic rings. The molecular weight excluding hydrogens is 477 g/mol. The van der Waals surface area contributed by atoms with E-state index in [4.69, 9.17) is 9.73 Å². The highest BCUT2D eigenvalue weighted by Gasteiger charge is 2.19. The predicted molar refractivity (Wildman–Crippen MR) is 148 cm³/mol. The Hall–Kier alpha value is -4.84. The lowest BCUT2D eigenvalue weighted by Crippen LogP contribution is -2.27. The molecule has 1 atom stereocenters. The molecule has 5 nitrogen and oxygen atoms in total. The zero-order valence-electron chi connectivity index (χ0n) is 20.9. The normalized spacial score (nSPS) is 11.5. The summed E-state index contributed by atoms with van der Waals surface area (Å²) >= 11 is 0. The van der Waals surface area contributed by atoms with E-state index in [1.807, 2.05) is 97.9 Å². The van der Waals surface area contributed by atoms with Crippen molar-refractivity contribution in [2.75, 3.05) is 0 Å². The Labute approximate surface area is 220 Å². The summed E-state index contributed by atoms with van der Waals surface area (Å²) in [6.45, 7) is 2.10. The van der Waals surface area contributed by atoms with Crippen LogP contribution in [-0.4, -0.2) is 15.5 Å². The van der Waals surface area contributed by atoms with E-state index in [-0.39, 0.29) is 23.9 Å².